The van der Waals surface area contributed by atoms with Gasteiger partial charge in [0.15, 0.2) is 0 Å². The van der Waals surface area contributed by atoms with Gasteiger partial charge in [-0.2, -0.15) is 0 Å². The van der Waals surface area contributed by atoms with Crippen LogP contribution in [0.2, 0.25) is 0 Å². The van der Waals surface area contributed by atoms with Crippen molar-refractivity contribution in [2.45, 2.75) is 25.4 Å². The summed E-state index contributed by atoms with van der Waals surface area (Å²) in [5, 5.41) is 20.9. The molecule has 0 amide bonds. The van der Waals surface area contributed by atoms with E-state index in [1.807, 2.05) is 19.9 Å². The fraction of sp³-hybridized carbons (Fsp3) is 0.538. The minimum Gasteiger partial charge on any atom is -0.394 e. The number of rotatable bonds is 6. The zero-order valence-corrected chi connectivity index (χ0v) is 10.3. The van der Waals surface area contributed by atoms with Crippen LogP contribution in [0.1, 0.15) is 19.4 Å². The predicted octanol–water partition coefficient (Wildman–Crippen LogP) is 1.05. The highest BCUT2D eigenvalue weighted by molar-refractivity contribution is 5.25. The van der Waals surface area contributed by atoms with E-state index in [4.69, 9.17) is 5.11 Å². The van der Waals surface area contributed by atoms with E-state index in [1.165, 1.54) is 6.07 Å². The molecule has 0 aliphatic carbocycles. The second kappa shape index (κ2) is 6.10. The number of hydrogen-bond acceptors (Lipinski definition) is 3. The Morgan fingerprint density at radius 1 is 1.35 bits per heavy atom. The summed E-state index contributed by atoms with van der Waals surface area (Å²) in [6.45, 7) is 4.43. The maximum Gasteiger partial charge on any atom is 0.126 e. The molecule has 0 aliphatic heterocycles. The average molecular weight is 241 g/mol. The van der Waals surface area contributed by atoms with Gasteiger partial charge in [-0.3, -0.25) is 0 Å². The first kappa shape index (κ1) is 14.1. The van der Waals surface area contributed by atoms with Gasteiger partial charge < -0.3 is 15.5 Å². The van der Waals surface area contributed by atoms with Crippen LogP contribution in [0.5, 0.6) is 0 Å². The van der Waals surface area contributed by atoms with E-state index in [2.05, 4.69) is 5.32 Å². The smallest absolute Gasteiger partial charge is 0.126 e. The molecule has 0 saturated carbocycles. The minimum absolute atomic E-state index is 0.220. The van der Waals surface area contributed by atoms with E-state index < -0.39 is 6.10 Å². The normalized spacial score (nSPS) is 13.7. The van der Waals surface area contributed by atoms with Crippen LogP contribution in [-0.2, 0) is 5.41 Å². The molecule has 0 aliphatic rings. The third kappa shape index (κ3) is 4.07. The Labute approximate surface area is 101 Å². The zero-order valence-electron chi connectivity index (χ0n) is 10.3. The highest BCUT2D eigenvalue weighted by Gasteiger charge is 2.23. The van der Waals surface area contributed by atoms with E-state index in [0.717, 1.165) is 0 Å². The molecule has 0 aromatic heterocycles. The van der Waals surface area contributed by atoms with Crippen molar-refractivity contribution < 1.29 is 14.6 Å². The Kier molecular flexibility index (Phi) is 5.05. The first-order valence-corrected chi connectivity index (χ1v) is 5.72. The lowest BCUT2D eigenvalue weighted by Crippen LogP contribution is -2.38. The van der Waals surface area contributed by atoms with Crippen LogP contribution in [-0.4, -0.2) is 36.0 Å². The van der Waals surface area contributed by atoms with Gasteiger partial charge in [-0.25, -0.2) is 4.39 Å². The van der Waals surface area contributed by atoms with Gasteiger partial charge in [0, 0.05) is 18.5 Å². The molecule has 0 saturated heterocycles. The second-order valence-electron chi connectivity index (χ2n) is 4.83. The Morgan fingerprint density at radius 2 is 2.00 bits per heavy atom. The summed E-state index contributed by atoms with van der Waals surface area (Å²) >= 11 is 0. The summed E-state index contributed by atoms with van der Waals surface area (Å²) in [5.74, 6) is -0.220. The van der Waals surface area contributed by atoms with Crippen molar-refractivity contribution in [3.8, 4) is 0 Å². The molecule has 3 nitrogen and oxygen atoms in total. The largest absolute Gasteiger partial charge is 0.394 e. The molecule has 1 aromatic rings. The molecular formula is C13H20FNO2. The van der Waals surface area contributed by atoms with Crippen molar-refractivity contribution in [3.63, 3.8) is 0 Å². The quantitative estimate of drug-likeness (QED) is 0.697. The first-order valence-electron chi connectivity index (χ1n) is 5.72. The van der Waals surface area contributed by atoms with Gasteiger partial charge in [0.2, 0.25) is 0 Å². The molecule has 1 unspecified atom stereocenters. The van der Waals surface area contributed by atoms with Crippen molar-refractivity contribution in [1.29, 1.82) is 0 Å². The number of aliphatic hydroxyl groups excluding tert-OH is 2. The number of halogens is 1. The monoisotopic (exact) mass is 241 g/mol. The molecule has 0 spiro atoms. The van der Waals surface area contributed by atoms with Crippen LogP contribution < -0.4 is 5.32 Å². The molecule has 17 heavy (non-hydrogen) atoms. The average Bonchev–Trinajstić information content (AvgIpc) is 2.28. The molecule has 0 heterocycles. The van der Waals surface area contributed by atoms with E-state index in [0.29, 0.717) is 18.7 Å². The van der Waals surface area contributed by atoms with Crippen LogP contribution in [0.3, 0.4) is 0 Å². The zero-order chi connectivity index (χ0) is 12.9. The lowest BCUT2D eigenvalue weighted by atomic mass is 9.84. The van der Waals surface area contributed by atoms with E-state index in [-0.39, 0.29) is 17.8 Å². The maximum atomic E-state index is 13.6. The van der Waals surface area contributed by atoms with Crippen LogP contribution >= 0.6 is 0 Å². The summed E-state index contributed by atoms with van der Waals surface area (Å²) in [4.78, 5) is 0. The molecule has 1 aromatic carbocycles. The number of aliphatic hydroxyl groups is 2. The summed E-state index contributed by atoms with van der Waals surface area (Å²) in [6.07, 6.45) is -0.772. The fourth-order valence-electron chi connectivity index (χ4n) is 1.72. The van der Waals surface area contributed by atoms with Crippen LogP contribution in [0, 0.1) is 5.82 Å². The van der Waals surface area contributed by atoms with E-state index in [9.17, 15) is 9.50 Å². The third-order valence-corrected chi connectivity index (χ3v) is 2.76. The first-order chi connectivity index (χ1) is 7.97. The predicted molar refractivity (Wildman–Crippen MR) is 65.4 cm³/mol. The van der Waals surface area contributed by atoms with Crippen molar-refractivity contribution in [1.82, 2.24) is 5.32 Å². The molecular weight excluding hydrogens is 221 g/mol. The molecule has 1 atom stereocenters. The summed E-state index contributed by atoms with van der Waals surface area (Å²) in [7, 11) is 0. The Hall–Kier alpha value is -0.970. The molecule has 0 bridgehead atoms. The van der Waals surface area contributed by atoms with Crippen molar-refractivity contribution in [3.05, 3.63) is 35.6 Å². The molecule has 3 N–H and O–H groups in total. The van der Waals surface area contributed by atoms with Gasteiger partial charge in [0.25, 0.3) is 0 Å². The molecule has 4 heteroatoms. The standard InChI is InChI=1S/C13H20FNO2/c1-13(2,9-15-7-10(17)8-16)11-5-3-4-6-12(11)14/h3-6,10,15-17H,7-9H2,1-2H3. The van der Waals surface area contributed by atoms with Gasteiger partial charge in [0.1, 0.15) is 5.82 Å². The minimum atomic E-state index is -0.772. The maximum absolute atomic E-state index is 13.6. The summed E-state index contributed by atoms with van der Waals surface area (Å²) in [5.41, 5.74) is 0.284. The molecule has 1 rings (SSSR count). The van der Waals surface area contributed by atoms with Crippen LogP contribution in [0.15, 0.2) is 24.3 Å². The van der Waals surface area contributed by atoms with Crippen molar-refractivity contribution in [2.24, 2.45) is 0 Å². The summed E-state index contributed by atoms with van der Waals surface area (Å²) in [6, 6.07) is 6.68. The Balaban J connectivity index is 2.60. The lowest BCUT2D eigenvalue weighted by molar-refractivity contribution is 0.0934. The Morgan fingerprint density at radius 3 is 2.59 bits per heavy atom. The Bertz CT molecular complexity index is 355. The van der Waals surface area contributed by atoms with Gasteiger partial charge in [-0.1, -0.05) is 32.0 Å². The number of benzene rings is 1. The SMILES string of the molecule is CC(C)(CNCC(O)CO)c1ccccc1F. The van der Waals surface area contributed by atoms with Gasteiger partial charge >= 0.3 is 0 Å². The third-order valence-electron chi connectivity index (χ3n) is 2.76. The topological polar surface area (TPSA) is 52.5 Å². The molecule has 0 radical (unpaired) electrons. The van der Waals surface area contributed by atoms with Crippen LogP contribution in [0.25, 0.3) is 0 Å². The van der Waals surface area contributed by atoms with Gasteiger partial charge in [-0.15, -0.1) is 0 Å². The van der Waals surface area contributed by atoms with E-state index >= 15 is 0 Å². The van der Waals surface area contributed by atoms with Crippen LogP contribution in [0.4, 0.5) is 4.39 Å². The fourth-order valence-corrected chi connectivity index (χ4v) is 1.72. The number of nitrogens with one attached hydrogen (secondary N) is 1. The van der Waals surface area contributed by atoms with Gasteiger partial charge in [-0.05, 0) is 11.6 Å². The molecule has 0 fully saturated rings. The van der Waals surface area contributed by atoms with E-state index in [1.54, 1.807) is 12.1 Å². The highest BCUT2D eigenvalue weighted by atomic mass is 19.1. The van der Waals surface area contributed by atoms with Crippen molar-refractivity contribution >= 4 is 0 Å². The van der Waals surface area contributed by atoms with Crippen molar-refractivity contribution in [2.75, 3.05) is 19.7 Å². The highest BCUT2D eigenvalue weighted by Crippen LogP contribution is 2.24. The number of hydrogen-bond donors (Lipinski definition) is 3. The summed E-state index contributed by atoms with van der Waals surface area (Å²) < 4.78 is 13.6. The van der Waals surface area contributed by atoms with Gasteiger partial charge in [0.05, 0.1) is 12.7 Å². The second-order valence-corrected chi connectivity index (χ2v) is 4.83. The molecule has 96 valence electrons. The lowest BCUT2D eigenvalue weighted by Gasteiger charge is -2.26.